The predicted molar refractivity (Wildman–Crippen MR) is 130 cm³/mol. The molecule has 0 bridgehead atoms. The molecule has 0 unspecified atom stereocenters. The molecule has 3 N–H and O–H groups in total. The van der Waals surface area contributed by atoms with E-state index in [4.69, 9.17) is 0 Å². The monoisotopic (exact) mass is 457 g/mol. The summed E-state index contributed by atoms with van der Waals surface area (Å²) in [7, 11) is 0. The van der Waals surface area contributed by atoms with E-state index in [0.29, 0.717) is 11.3 Å². The molecule has 1 aromatic heterocycles. The molecule has 4 rings (SSSR count). The van der Waals surface area contributed by atoms with Crippen LogP contribution in [0, 0.1) is 10.1 Å². The highest BCUT2D eigenvalue weighted by atomic mass is 16.6. The van der Waals surface area contributed by atoms with Crippen molar-refractivity contribution in [1.29, 1.82) is 0 Å². The Kier molecular flexibility index (Phi) is 5.85. The fraction of sp³-hybridized carbons (Fsp3) is 0.160. The lowest BCUT2D eigenvalue weighted by molar-refractivity contribution is -0.384. The molecule has 1 heterocycles. The summed E-state index contributed by atoms with van der Waals surface area (Å²) >= 11 is 0. The fourth-order valence-corrected chi connectivity index (χ4v) is 3.47. The van der Waals surface area contributed by atoms with Gasteiger partial charge in [0.15, 0.2) is 0 Å². The Balaban J connectivity index is 1.61. The summed E-state index contributed by atoms with van der Waals surface area (Å²) in [5, 5.41) is 24.4. The number of rotatable bonds is 5. The highest BCUT2D eigenvalue weighted by Crippen LogP contribution is 2.26. The van der Waals surface area contributed by atoms with Gasteiger partial charge in [-0.25, -0.2) is 0 Å². The maximum absolute atomic E-state index is 13.0. The van der Waals surface area contributed by atoms with Crippen LogP contribution in [0.4, 0.5) is 17.1 Å². The van der Waals surface area contributed by atoms with Crippen molar-refractivity contribution < 1.29 is 14.5 Å². The molecule has 0 aliphatic heterocycles. The molecule has 0 spiro atoms. The standard InChI is InChI=1S/C25H23N5O4/c1-25(2,3)17-7-4-15(5-8-17)23(31)28-21-11-10-19(30(33)34)13-20(21)24(32)27-18-9-6-16-14-26-29-22(16)12-18/h4-14H,1-3H3,(H,26,29)(H,27,32)(H,28,31). The van der Waals surface area contributed by atoms with Crippen LogP contribution in [0.5, 0.6) is 0 Å². The van der Waals surface area contributed by atoms with Gasteiger partial charge in [0, 0.05) is 28.8 Å². The number of hydrogen-bond donors (Lipinski definition) is 3. The molecule has 0 saturated heterocycles. The van der Waals surface area contributed by atoms with Gasteiger partial charge in [-0.2, -0.15) is 5.10 Å². The number of nitro benzene ring substituents is 1. The molecule has 0 fully saturated rings. The molecule has 0 atom stereocenters. The molecular formula is C25H23N5O4. The Labute approximate surface area is 195 Å². The molecule has 3 aromatic carbocycles. The Morgan fingerprint density at radius 2 is 1.68 bits per heavy atom. The van der Waals surface area contributed by atoms with Crippen molar-refractivity contribution >= 4 is 39.8 Å². The molecule has 0 saturated carbocycles. The summed E-state index contributed by atoms with van der Waals surface area (Å²) in [5.41, 5.74) is 2.50. The summed E-state index contributed by atoms with van der Waals surface area (Å²) < 4.78 is 0. The van der Waals surface area contributed by atoms with Crippen molar-refractivity contribution in [3.8, 4) is 0 Å². The first-order chi connectivity index (χ1) is 16.1. The Bertz CT molecular complexity index is 1400. The topological polar surface area (TPSA) is 130 Å². The smallest absolute Gasteiger partial charge is 0.270 e. The fourth-order valence-electron chi connectivity index (χ4n) is 3.47. The first-order valence-corrected chi connectivity index (χ1v) is 10.6. The van der Waals surface area contributed by atoms with Crippen molar-refractivity contribution in [3.05, 3.63) is 93.7 Å². The molecule has 0 aliphatic carbocycles. The van der Waals surface area contributed by atoms with Crippen LogP contribution >= 0.6 is 0 Å². The third-order valence-corrected chi connectivity index (χ3v) is 5.42. The molecule has 9 heteroatoms. The average Bonchev–Trinajstić information content (AvgIpc) is 3.26. The van der Waals surface area contributed by atoms with E-state index in [0.717, 1.165) is 22.5 Å². The molecular weight excluding hydrogens is 434 g/mol. The highest BCUT2D eigenvalue weighted by Gasteiger charge is 2.20. The van der Waals surface area contributed by atoms with E-state index < -0.39 is 16.7 Å². The number of anilines is 2. The Hall–Kier alpha value is -4.53. The third-order valence-electron chi connectivity index (χ3n) is 5.42. The van der Waals surface area contributed by atoms with Gasteiger partial charge in [0.1, 0.15) is 0 Å². The number of hydrogen-bond acceptors (Lipinski definition) is 5. The largest absolute Gasteiger partial charge is 0.322 e. The zero-order valence-electron chi connectivity index (χ0n) is 18.9. The van der Waals surface area contributed by atoms with E-state index in [1.165, 1.54) is 12.1 Å². The molecule has 0 radical (unpaired) electrons. The molecule has 9 nitrogen and oxygen atoms in total. The van der Waals surface area contributed by atoms with Crippen molar-refractivity contribution in [2.24, 2.45) is 0 Å². The minimum absolute atomic E-state index is 0.0291. The first-order valence-electron chi connectivity index (χ1n) is 10.6. The van der Waals surface area contributed by atoms with Gasteiger partial charge in [-0.3, -0.25) is 24.8 Å². The predicted octanol–water partition coefficient (Wildman–Crippen LogP) is 5.27. The van der Waals surface area contributed by atoms with E-state index in [2.05, 4.69) is 41.6 Å². The summed E-state index contributed by atoms with van der Waals surface area (Å²) in [6.07, 6.45) is 1.66. The van der Waals surface area contributed by atoms with Crippen LogP contribution in [0.3, 0.4) is 0 Å². The Morgan fingerprint density at radius 3 is 2.35 bits per heavy atom. The third kappa shape index (κ3) is 4.78. The van der Waals surface area contributed by atoms with Crippen molar-refractivity contribution in [2.75, 3.05) is 10.6 Å². The number of aromatic nitrogens is 2. The van der Waals surface area contributed by atoms with E-state index in [-0.39, 0.29) is 22.4 Å². The number of H-pyrrole nitrogens is 1. The lowest BCUT2D eigenvalue weighted by atomic mass is 9.86. The SMILES string of the molecule is CC(C)(C)c1ccc(C(=O)Nc2ccc([N+](=O)[O-])cc2C(=O)Nc2ccc3cn[nH]c3c2)cc1. The normalized spacial score (nSPS) is 11.3. The molecule has 34 heavy (non-hydrogen) atoms. The van der Waals surface area contributed by atoms with Crippen LogP contribution in [0.15, 0.2) is 66.9 Å². The van der Waals surface area contributed by atoms with E-state index in [9.17, 15) is 19.7 Å². The highest BCUT2D eigenvalue weighted by molar-refractivity contribution is 6.13. The number of carbonyl (C=O) groups excluding carboxylic acids is 2. The molecule has 4 aromatic rings. The van der Waals surface area contributed by atoms with Gasteiger partial charge in [0.25, 0.3) is 17.5 Å². The lowest BCUT2D eigenvalue weighted by Gasteiger charge is -2.19. The van der Waals surface area contributed by atoms with E-state index in [1.54, 1.807) is 36.5 Å². The van der Waals surface area contributed by atoms with Gasteiger partial charge in [-0.1, -0.05) is 32.9 Å². The van der Waals surface area contributed by atoms with Gasteiger partial charge >= 0.3 is 0 Å². The minimum atomic E-state index is -0.596. The van der Waals surface area contributed by atoms with Crippen LogP contribution in [-0.4, -0.2) is 26.9 Å². The van der Waals surface area contributed by atoms with Gasteiger partial charge in [-0.05, 0) is 47.4 Å². The second-order valence-electron chi connectivity index (χ2n) is 8.89. The number of fused-ring (bicyclic) bond motifs is 1. The molecule has 0 aliphatic rings. The maximum atomic E-state index is 13.0. The number of carbonyl (C=O) groups is 2. The number of aromatic amines is 1. The number of amides is 2. The lowest BCUT2D eigenvalue weighted by Crippen LogP contribution is -2.19. The van der Waals surface area contributed by atoms with Gasteiger partial charge in [0.2, 0.25) is 0 Å². The summed E-state index contributed by atoms with van der Waals surface area (Å²) in [6, 6.07) is 16.1. The molecule has 2 amide bonds. The van der Waals surface area contributed by atoms with E-state index in [1.807, 2.05) is 12.1 Å². The second kappa shape index (κ2) is 8.78. The quantitative estimate of drug-likeness (QED) is 0.277. The summed E-state index contributed by atoms with van der Waals surface area (Å²) in [5.74, 6) is -1.02. The number of non-ortho nitro benzene ring substituents is 1. The number of nitro groups is 1. The van der Waals surface area contributed by atoms with Crippen LogP contribution < -0.4 is 10.6 Å². The van der Waals surface area contributed by atoms with Crippen molar-refractivity contribution in [2.45, 2.75) is 26.2 Å². The maximum Gasteiger partial charge on any atom is 0.270 e. The van der Waals surface area contributed by atoms with Gasteiger partial charge in [-0.15, -0.1) is 0 Å². The second-order valence-corrected chi connectivity index (χ2v) is 8.89. The summed E-state index contributed by atoms with van der Waals surface area (Å²) in [4.78, 5) is 36.6. The van der Waals surface area contributed by atoms with E-state index >= 15 is 0 Å². The van der Waals surface area contributed by atoms with Gasteiger partial charge in [0.05, 0.1) is 27.9 Å². The minimum Gasteiger partial charge on any atom is -0.322 e. The van der Waals surface area contributed by atoms with Crippen molar-refractivity contribution in [3.63, 3.8) is 0 Å². The van der Waals surface area contributed by atoms with Crippen LogP contribution in [0.25, 0.3) is 10.9 Å². The first kappa shape index (κ1) is 22.7. The number of benzene rings is 3. The molecule has 172 valence electrons. The van der Waals surface area contributed by atoms with Crippen LogP contribution in [-0.2, 0) is 5.41 Å². The average molecular weight is 457 g/mol. The zero-order valence-corrected chi connectivity index (χ0v) is 18.9. The number of nitrogens with one attached hydrogen (secondary N) is 3. The van der Waals surface area contributed by atoms with Crippen molar-refractivity contribution in [1.82, 2.24) is 10.2 Å². The number of nitrogens with zero attached hydrogens (tertiary/aromatic N) is 2. The Morgan fingerprint density at radius 1 is 0.941 bits per heavy atom. The summed E-state index contributed by atoms with van der Waals surface area (Å²) in [6.45, 7) is 6.23. The van der Waals surface area contributed by atoms with Gasteiger partial charge < -0.3 is 10.6 Å². The zero-order chi connectivity index (χ0) is 24.5. The van der Waals surface area contributed by atoms with Crippen LogP contribution in [0.2, 0.25) is 0 Å². The van der Waals surface area contributed by atoms with Crippen LogP contribution in [0.1, 0.15) is 47.1 Å².